The fraction of sp³-hybridized carbons (Fsp3) is 0.355. The summed E-state index contributed by atoms with van der Waals surface area (Å²) in [5, 5.41) is 32.3. The van der Waals surface area contributed by atoms with E-state index in [4.69, 9.17) is 26.7 Å². The van der Waals surface area contributed by atoms with Crippen LogP contribution in [0.2, 0.25) is 0 Å². The van der Waals surface area contributed by atoms with Crippen molar-refractivity contribution in [3.63, 3.8) is 0 Å². The van der Waals surface area contributed by atoms with Crippen molar-refractivity contribution in [2.75, 3.05) is 33.8 Å². The van der Waals surface area contributed by atoms with Crippen LogP contribution in [0.25, 0.3) is 22.3 Å². The van der Waals surface area contributed by atoms with Crippen LogP contribution in [0.3, 0.4) is 0 Å². The Balaban J connectivity index is 0.804. The smallest absolute Gasteiger partial charge is 0.355 e. The normalized spacial score (nSPS) is 16.8. The van der Waals surface area contributed by atoms with Crippen molar-refractivity contribution in [2.45, 2.75) is 127 Å². The number of hydrogen-bond acceptors (Lipinski definition) is 15. The number of benzene rings is 4. The van der Waals surface area contributed by atoms with Crippen molar-refractivity contribution in [2.24, 2.45) is 5.92 Å². The molecular formula is C62H68N11O13S2-. The highest BCUT2D eigenvalue weighted by Gasteiger charge is 2.52. The van der Waals surface area contributed by atoms with E-state index in [1.807, 2.05) is 44.2 Å². The molecule has 1 fully saturated rings. The van der Waals surface area contributed by atoms with Crippen LogP contribution in [-0.4, -0.2) is 101 Å². The lowest BCUT2D eigenvalue weighted by atomic mass is 9.85. The van der Waals surface area contributed by atoms with Crippen molar-refractivity contribution in [3.8, 4) is 11.4 Å². The van der Waals surface area contributed by atoms with Crippen molar-refractivity contribution in [1.82, 2.24) is 35.7 Å². The molecule has 0 spiro atoms. The van der Waals surface area contributed by atoms with E-state index in [2.05, 4.69) is 41.9 Å². The number of esters is 2. The monoisotopic (exact) mass is 1240 g/mol. The number of anilines is 4. The zero-order chi connectivity index (χ0) is 63.0. The maximum atomic E-state index is 14.4. The van der Waals surface area contributed by atoms with Gasteiger partial charge < -0.3 is 66.1 Å². The predicted octanol–water partition coefficient (Wildman–Crippen LogP) is 6.25. The van der Waals surface area contributed by atoms with Gasteiger partial charge in [-0.1, -0.05) is 77.4 Å². The summed E-state index contributed by atoms with van der Waals surface area (Å²) in [7, 11) is -4.21. The molecule has 5 atom stereocenters. The Hall–Kier alpha value is -9.43. The van der Waals surface area contributed by atoms with Gasteiger partial charge in [0.05, 0.1) is 40.0 Å². The fourth-order valence-corrected chi connectivity index (χ4v) is 12.4. The van der Waals surface area contributed by atoms with Gasteiger partial charge in [0, 0.05) is 64.7 Å². The van der Waals surface area contributed by atoms with Gasteiger partial charge in [0.2, 0.25) is 17.4 Å². The first-order chi connectivity index (χ1) is 42.1. The number of carbonyl (C=O) groups excluding carboxylic acids is 7. The third-order valence-corrected chi connectivity index (χ3v) is 17.1. The van der Waals surface area contributed by atoms with Gasteiger partial charge in [-0.15, -0.1) is 0 Å². The van der Waals surface area contributed by atoms with Crippen molar-refractivity contribution in [1.29, 1.82) is 0 Å². The molecule has 88 heavy (non-hydrogen) atoms. The minimum absolute atomic E-state index is 0.0659. The molecule has 6 amide bonds. The standard InChI is InChI=1S/C62H69N11O13S2/c1-6-14-47(69-61(87)66-40-24-22-39(23-25-40)64-60(82)68-48(32-51(74)75)37-16-11-18-42(29-37)71-88(83,84)43-19-12-17-41(30-43)65-59(81)63-26-7-2)56(78)72-27-13-21-49(72)54(76)70-52(35(4)5)57(79)86-62(8-3)45-31-50-53-38(28-36-15-9-10-20-46(36)67-53)33-73(50)55(77)44(45)34-85-58(62)80/h9-12,15-20,22-25,28-31,35,47-49,52,71H,6-8,13-14,21,26-27,32-34H2,1-5H3,(H,70,76)(H,74,75)(H2,63,65,81)(H2,64,68,82)(H2,66,69,87)/p-1/t47?,48?,49-,52-,62-/m0/s1. The first-order valence-corrected chi connectivity index (χ1v) is 30.9. The maximum absolute atomic E-state index is 14.4. The molecule has 9 rings (SSSR count). The third kappa shape index (κ3) is 14.0. The van der Waals surface area contributed by atoms with Crippen molar-refractivity contribution >= 4 is 103 Å². The Morgan fingerprint density at radius 1 is 0.818 bits per heavy atom. The number of ether oxygens (including phenoxy) is 2. The molecular weight excluding hydrogens is 1170 g/mol. The lowest BCUT2D eigenvalue weighted by Crippen LogP contribution is -2.57. The van der Waals surface area contributed by atoms with E-state index in [9.17, 15) is 51.9 Å². The number of rotatable bonds is 22. The molecule has 0 bridgehead atoms. The van der Waals surface area contributed by atoms with Crippen LogP contribution in [0.1, 0.15) is 108 Å². The van der Waals surface area contributed by atoms with E-state index in [0.29, 0.717) is 61.4 Å². The molecule has 1 saturated heterocycles. The lowest BCUT2D eigenvalue weighted by molar-refractivity contribution is -0.306. The zero-order valence-electron chi connectivity index (χ0n) is 49.0. The van der Waals surface area contributed by atoms with E-state index in [1.54, 1.807) is 55.7 Å². The highest BCUT2D eigenvalue weighted by atomic mass is 32.2. The number of carboxylic acids is 1. The number of carbonyl (C=O) groups is 7. The number of carboxylic acid groups (broad SMARTS) is 1. The summed E-state index contributed by atoms with van der Waals surface area (Å²) in [4.78, 5) is 115. The fourth-order valence-electron chi connectivity index (χ4n) is 11.0. The summed E-state index contributed by atoms with van der Waals surface area (Å²) in [6.45, 7) is 9.44. The van der Waals surface area contributed by atoms with Crippen LogP contribution in [0.5, 0.6) is 0 Å². The van der Waals surface area contributed by atoms with E-state index in [1.165, 1.54) is 53.4 Å². The van der Waals surface area contributed by atoms with Crippen LogP contribution in [0.4, 0.5) is 32.3 Å². The van der Waals surface area contributed by atoms with Crippen LogP contribution in [-0.2, 0) is 62.2 Å². The second-order valence-electron chi connectivity index (χ2n) is 22.0. The molecule has 26 heteroatoms. The van der Waals surface area contributed by atoms with Crippen LogP contribution >= 0.6 is 12.2 Å². The molecule has 6 aromatic rings. The molecule has 2 aromatic heterocycles. The summed E-state index contributed by atoms with van der Waals surface area (Å²) in [5.41, 5.74) is 1.83. The number of likely N-dealkylation sites (tertiary alicyclic amines) is 1. The second kappa shape index (κ2) is 27.1. The molecule has 0 radical (unpaired) electrons. The van der Waals surface area contributed by atoms with E-state index in [0.717, 1.165) is 16.5 Å². The Bertz CT molecular complexity index is 3900. The number of cyclic esters (lactones) is 1. The molecule has 2 unspecified atom stereocenters. The summed E-state index contributed by atoms with van der Waals surface area (Å²) in [6, 6.07) is 23.4. The number of hydrogen-bond donors (Lipinski definition) is 8. The first-order valence-electron chi connectivity index (χ1n) is 29.0. The highest BCUT2D eigenvalue weighted by Crippen LogP contribution is 2.41. The number of pyridine rings is 2. The topological polar surface area (TPSA) is 330 Å². The van der Waals surface area contributed by atoms with Gasteiger partial charge in [0.25, 0.3) is 15.6 Å². The minimum atomic E-state index is -4.21. The van der Waals surface area contributed by atoms with Gasteiger partial charge in [-0.25, -0.2) is 32.6 Å². The average Bonchev–Trinajstić information content (AvgIpc) is 1.40. The average molecular weight is 1240 g/mol. The number of urea groups is 2. The van der Waals surface area contributed by atoms with Gasteiger partial charge in [0.15, 0.2) is 5.11 Å². The van der Waals surface area contributed by atoms with E-state index < -0.39 is 99.5 Å². The largest absolute Gasteiger partial charge is 0.550 e. The Labute approximate surface area is 513 Å². The Morgan fingerprint density at radius 3 is 2.25 bits per heavy atom. The van der Waals surface area contributed by atoms with Crippen LogP contribution in [0.15, 0.2) is 119 Å². The van der Waals surface area contributed by atoms with Gasteiger partial charge in [-0.2, -0.15) is 0 Å². The minimum Gasteiger partial charge on any atom is -0.550 e. The van der Waals surface area contributed by atoms with Crippen LogP contribution in [0, 0.1) is 5.92 Å². The Kier molecular flexibility index (Phi) is 19.4. The molecule has 24 nitrogen and oxygen atoms in total. The highest BCUT2D eigenvalue weighted by molar-refractivity contribution is 7.92. The number of sulfonamides is 1. The number of para-hydroxylation sites is 1. The van der Waals surface area contributed by atoms with Gasteiger partial charge in [0.1, 0.15) is 24.7 Å². The van der Waals surface area contributed by atoms with E-state index in [-0.39, 0.29) is 64.2 Å². The number of amides is 6. The lowest BCUT2D eigenvalue weighted by Gasteiger charge is -2.37. The van der Waals surface area contributed by atoms with Crippen LogP contribution < -0.4 is 52.6 Å². The number of thiocarbonyl (C=S) groups is 1. The van der Waals surface area contributed by atoms with Gasteiger partial charge in [-0.3, -0.25) is 19.1 Å². The molecule has 4 aromatic carbocycles. The molecule has 0 aliphatic carbocycles. The third-order valence-electron chi connectivity index (χ3n) is 15.5. The quantitative estimate of drug-likeness (QED) is 0.0274. The molecule has 8 N–H and O–H groups in total. The Morgan fingerprint density at radius 2 is 1.53 bits per heavy atom. The summed E-state index contributed by atoms with van der Waals surface area (Å²) < 4.78 is 42.6. The predicted molar refractivity (Wildman–Crippen MR) is 330 cm³/mol. The number of nitrogens with one attached hydrogen (secondary N) is 8. The number of fused-ring (bicyclic) bond motifs is 5. The van der Waals surface area contributed by atoms with E-state index >= 15 is 0 Å². The maximum Gasteiger partial charge on any atom is 0.355 e. The number of aromatic nitrogens is 2. The molecule has 462 valence electrons. The van der Waals surface area contributed by atoms with Crippen molar-refractivity contribution < 1.29 is 56.6 Å². The molecule has 5 heterocycles. The number of nitrogens with zero attached hydrogens (tertiary/aromatic N) is 3. The summed E-state index contributed by atoms with van der Waals surface area (Å²) >= 11 is 5.66. The molecule has 3 aliphatic rings. The summed E-state index contributed by atoms with van der Waals surface area (Å²) in [6.07, 6.45) is 1.63. The molecule has 3 aliphatic heterocycles. The van der Waals surface area contributed by atoms with Gasteiger partial charge >= 0.3 is 24.0 Å². The first kappa shape index (κ1) is 63.1. The second-order valence-corrected chi connectivity index (χ2v) is 24.1. The number of aliphatic carboxylic acids is 1. The summed E-state index contributed by atoms with van der Waals surface area (Å²) in [5.74, 6) is -4.83. The van der Waals surface area contributed by atoms with Gasteiger partial charge in [-0.05, 0) is 129 Å². The SMILES string of the molecule is CCCNC(=O)Nc1cccc(S(=O)(=O)Nc2cccc(C(CC(=O)[O-])NC(=O)Nc3ccc(NC(=S)NC(CCC)C(=O)N4CCC[C@H]4C(=O)N[C@H](C(=O)O[C@]4(CC)C(=O)OCc5c4cc4n(c5=O)Cc5cc6ccccc6nc5-4)C(C)C)cc3)c2)c1. The van der Waals surface area contributed by atoms with Crippen molar-refractivity contribution in [3.05, 3.63) is 142 Å². The molecule has 0 saturated carbocycles. The zero-order valence-corrected chi connectivity index (χ0v) is 50.7.